The standard InChI is InChI=1S/C28H25N3O3S/c1-2-24-28(33)31(17-26(32)29-16-19-9-5-3-6-10-19)23-15-21(13-14-25(23)34-24)22-18-35-27(30-22)20-11-7-4-8-12-20/h3-15,18,24H,2,16-17H2,1H3,(H,29,32). The normalized spacial score (nSPS) is 14.8. The Balaban J connectivity index is 1.40. The number of nitrogens with zero attached hydrogens (tertiary/aromatic N) is 2. The lowest BCUT2D eigenvalue weighted by atomic mass is 10.1. The highest BCUT2D eigenvalue weighted by Gasteiger charge is 2.34. The van der Waals surface area contributed by atoms with Crippen LogP contribution < -0.4 is 15.0 Å². The number of anilines is 1. The number of benzene rings is 3. The van der Waals surface area contributed by atoms with Crippen molar-refractivity contribution in [3.05, 3.63) is 89.8 Å². The molecule has 1 aromatic heterocycles. The first-order valence-electron chi connectivity index (χ1n) is 11.6. The quantitative estimate of drug-likeness (QED) is 0.387. The number of nitrogens with one attached hydrogen (secondary N) is 1. The number of ether oxygens (including phenoxy) is 1. The Hall–Kier alpha value is -3.97. The number of hydrogen-bond acceptors (Lipinski definition) is 5. The van der Waals surface area contributed by atoms with Gasteiger partial charge in [-0.15, -0.1) is 11.3 Å². The van der Waals surface area contributed by atoms with Crippen molar-refractivity contribution in [1.29, 1.82) is 0 Å². The Morgan fingerprint density at radius 3 is 2.51 bits per heavy atom. The summed E-state index contributed by atoms with van der Waals surface area (Å²) < 4.78 is 5.96. The van der Waals surface area contributed by atoms with Gasteiger partial charge in [0, 0.05) is 23.1 Å². The number of thiazole rings is 1. The summed E-state index contributed by atoms with van der Waals surface area (Å²) in [5.41, 5.74) is 4.32. The van der Waals surface area contributed by atoms with Crippen molar-refractivity contribution in [2.45, 2.75) is 26.0 Å². The lowest BCUT2D eigenvalue weighted by molar-refractivity contribution is -0.129. The molecule has 1 aliphatic rings. The van der Waals surface area contributed by atoms with Gasteiger partial charge in [-0.3, -0.25) is 14.5 Å². The van der Waals surface area contributed by atoms with Gasteiger partial charge in [-0.1, -0.05) is 67.6 Å². The van der Waals surface area contributed by atoms with Gasteiger partial charge in [0.15, 0.2) is 6.10 Å². The first-order chi connectivity index (χ1) is 17.1. The second-order valence-corrected chi connectivity index (χ2v) is 9.15. The third-order valence-electron chi connectivity index (χ3n) is 5.89. The number of fused-ring (bicyclic) bond motifs is 1. The van der Waals surface area contributed by atoms with E-state index in [1.165, 1.54) is 4.90 Å². The van der Waals surface area contributed by atoms with Crippen LogP contribution in [0.4, 0.5) is 5.69 Å². The molecule has 0 fully saturated rings. The van der Waals surface area contributed by atoms with Crippen LogP contribution in [-0.2, 0) is 16.1 Å². The van der Waals surface area contributed by atoms with Gasteiger partial charge < -0.3 is 10.1 Å². The summed E-state index contributed by atoms with van der Waals surface area (Å²) in [6, 6.07) is 25.4. The van der Waals surface area contributed by atoms with Crippen LogP contribution in [0.5, 0.6) is 5.75 Å². The van der Waals surface area contributed by atoms with Gasteiger partial charge in [-0.25, -0.2) is 4.98 Å². The molecule has 0 radical (unpaired) electrons. The fraction of sp³-hybridized carbons (Fsp3) is 0.179. The number of aromatic nitrogens is 1. The lowest BCUT2D eigenvalue weighted by Gasteiger charge is -2.34. The van der Waals surface area contributed by atoms with E-state index in [9.17, 15) is 9.59 Å². The first kappa shape index (κ1) is 22.8. The smallest absolute Gasteiger partial charge is 0.268 e. The van der Waals surface area contributed by atoms with Crippen LogP contribution in [0.3, 0.4) is 0 Å². The molecule has 0 spiro atoms. The average Bonchev–Trinajstić information content (AvgIpc) is 3.40. The fourth-order valence-corrected chi connectivity index (χ4v) is 4.86. The minimum absolute atomic E-state index is 0.0751. The van der Waals surface area contributed by atoms with E-state index < -0.39 is 6.10 Å². The molecule has 1 aliphatic heterocycles. The maximum Gasteiger partial charge on any atom is 0.268 e. The molecule has 0 aliphatic carbocycles. The molecule has 0 bridgehead atoms. The molecule has 1 atom stereocenters. The van der Waals surface area contributed by atoms with E-state index in [1.807, 2.05) is 91.2 Å². The Kier molecular flexibility index (Phi) is 6.59. The van der Waals surface area contributed by atoms with Gasteiger partial charge in [-0.05, 0) is 30.2 Å². The molecule has 2 amide bonds. The Bertz CT molecular complexity index is 1340. The molecule has 0 saturated heterocycles. The van der Waals surface area contributed by atoms with E-state index in [0.717, 1.165) is 27.4 Å². The Morgan fingerprint density at radius 2 is 1.77 bits per heavy atom. The van der Waals surface area contributed by atoms with Crippen LogP contribution in [0.1, 0.15) is 18.9 Å². The lowest BCUT2D eigenvalue weighted by Crippen LogP contribution is -2.49. The van der Waals surface area contributed by atoms with Crippen LogP contribution in [0.25, 0.3) is 21.8 Å². The Labute approximate surface area is 208 Å². The van der Waals surface area contributed by atoms with E-state index >= 15 is 0 Å². The first-order valence-corrected chi connectivity index (χ1v) is 12.4. The monoisotopic (exact) mass is 483 g/mol. The molecule has 6 nitrogen and oxygen atoms in total. The van der Waals surface area contributed by atoms with Crippen molar-refractivity contribution >= 4 is 28.8 Å². The van der Waals surface area contributed by atoms with Crippen LogP contribution in [0.15, 0.2) is 84.2 Å². The summed E-state index contributed by atoms with van der Waals surface area (Å²) in [7, 11) is 0. The highest BCUT2D eigenvalue weighted by Crippen LogP contribution is 2.39. The largest absolute Gasteiger partial charge is 0.478 e. The fourth-order valence-electron chi connectivity index (χ4n) is 4.02. The summed E-state index contributed by atoms with van der Waals surface area (Å²) in [5, 5.41) is 5.84. The van der Waals surface area contributed by atoms with Crippen molar-refractivity contribution in [1.82, 2.24) is 10.3 Å². The van der Waals surface area contributed by atoms with Gasteiger partial charge in [0.25, 0.3) is 5.91 Å². The number of rotatable bonds is 7. The summed E-state index contributed by atoms with van der Waals surface area (Å²) in [5.74, 6) is 0.153. The third kappa shape index (κ3) is 4.95. The van der Waals surface area contributed by atoms with Crippen molar-refractivity contribution in [2.24, 2.45) is 0 Å². The van der Waals surface area contributed by atoms with Gasteiger partial charge in [0.05, 0.1) is 11.4 Å². The van der Waals surface area contributed by atoms with Gasteiger partial charge in [0.1, 0.15) is 17.3 Å². The highest BCUT2D eigenvalue weighted by molar-refractivity contribution is 7.13. The number of carbonyl (C=O) groups is 2. The van der Waals surface area contributed by atoms with Crippen molar-refractivity contribution in [3.63, 3.8) is 0 Å². The molecule has 0 saturated carbocycles. The molecule has 3 aromatic carbocycles. The molecule has 35 heavy (non-hydrogen) atoms. The minimum Gasteiger partial charge on any atom is -0.478 e. The zero-order valence-corrected chi connectivity index (χ0v) is 20.1. The summed E-state index contributed by atoms with van der Waals surface area (Å²) in [6.45, 7) is 2.23. The summed E-state index contributed by atoms with van der Waals surface area (Å²) >= 11 is 1.57. The maximum atomic E-state index is 13.2. The molecule has 1 N–H and O–H groups in total. The molecule has 176 valence electrons. The van der Waals surface area contributed by atoms with Crippen LogP contribution in [0.2, 0.25) is 0 Å². The Morgan fingerprint density at radius 1 is 1.03 bits per heavy atom. The van der Waals surface area contributed by atoms with Gasteiger partial charge in [-0.2, -0.15) is 0 Å². The second-order valence-electron chi connectivity index (χ2n) is 8.29. The maximum absolute atomic E-state index is 13.2. The summed E-state index contributed by atoms with van der Waals surface area (Å²) in [4.78, 5) is 32.3. The SMILES string of the molecule is CCC1Oc2ccc(-c3csc(-c4ccccc4)n3)cc2N(CC(=O)NCc2ccccc2)C1=O. The number of hydrogen-bond donors (Lipinski definition) is 1. The molecular weight excluding hydrogens is 458 g/mol. The highest BCUT2D eigenvalue weighted by atomic mass is 32.1. The predicted molar refractivity (Wildman–Crippen MR) is 138 cm³/mol. The second kappa shape index (κ2) is 10.1. The number of amides is 2. The molecular formula is C28H25N3O3S. The molecule has 2 heterocycles. The van der Waals surface area contributed by atoms with Crippen molar-refractivity contribution in [2.75, 3.05) is 11.4 Å². The molecule has 7 heteroatoms. The van der Waals surface area contributed by atoms with E-state index in [0.29, 0.717) is 24.4 Å². The third-order valence-corrected chi connectivity index (χ3v) is 6.78. The van der Waals surface area contributed by atoms with Gasteiger partial charge in [0.2, 0.25) is 5.91 Å². The minimum atomic E-state index is -0.612. The van der Waals surface area contributed by atoms with Crippen molar-refractivity contribution < 1.29 is 14.3 Å². The van der Waals surface area contributed by atoms with E-state index in [2.05, 4.69) is 5.32 Å². The summed E-state index contributed by atoms with van der Waals surface area (Å²) in [6.07, 6.45) is -0.0893. The van der Waals surface area contributed by atoms with E-state index in [4.69, 9.17) is 9.72 Å². The zero-order chi connectivity index (χ0) is 24.2. The van der Waals surface area contributed by atoms with Crippen LogP contribution in [-0.4, -0.2) is 29.4 Å². The molecule has 1 unspecified atom stereocenters. The molecule has 4 aromatic rings. The number of carbonyl (C=O) groups excluding carboxylic acids is 2. The predicted octanol–water partition coefficient (Wildman–Crippen LogP) is 5.30. The zero-order valence-electron chi connectivity index (χ0n) is 19.3. The topological polar surface area (TPSA) is 71.5 Å². The molecule has 5 rings (SSSR count). The van der Waals surface area contributed by atoms with Crippen molar-refractivity contribution in [3.8, 4) is 27.6 Å². The van der Waals surface area contributed by atoms with E-state index in [-0.39, 0.29) is 18.4 Å². The van der Waals surface area contributed by atoms with Crippen LogP contribution >= 0.6 is 11.3 Å². The van der Waals surface area contributed by atoms with Crippen LogP contribution in [0, 0.1) is 0 Å². The average molecular weight is 484 g/mol. The van der Waals surface area contributed by atoms with Gasteiger partial charge >= 0.3 is 0 Å². The van der Waals surface area contributed by atoms with E-state index in [1.54, 1.807) is 11.3 Å².